The van der Waals surface area contributed by atoms with Gasteiger partial charge in [-0.15, -0.1) is 0 Å². The summed E-state index contributed by atoms with van der Waals surface area (Å²) in [5, 5.41) is 11.2. The SMILES string of the molecule is CCS(=O)(=O)c1cccc(-c2cc(C(=O)O)c(Cl)c3[nH]c4ncc(C)cc4c23)c1. The van der Waals surface area contributed by atoms with Crippen LogP contribution in [0.3, 0.4) is 0 Å². The van der Waals surface area contributed by atoms with Crippen LogP contribution in [0.4, 0.5) is 0 Å². The second kappa shape index (κ2) is 6.86. The van der Waals surface area contributed by atoms with Crippen LogP contribution in [0.1, 0.15) is 22.8 Å². The Labute approximate surface area is 172 Å². The van der Waals surface area contributed by atoms with Crippen LogP contribution >= 0.6 is 11.6 Å². The van der Waals surface area contributed by atoms with Crippen molar-refractivity contribution in [3.05, 3.63) is 58.7 Å². The molecular weight excluding hydrogens is 412 g/mol. The molecule has 4 rings (SSSR count). The number of hydrogen-bond acceptors (Lipinski definition) is 4. The van der Waals surface area contributed by atoms with Crippen molar-refractivity contribution < 1.29 is 18.3 Å². The van der Waals surface area contributed by atoms with Crippen molar-refractivity contribution in [1.82, 2.24) is 9.97 Å². The fourth-order valence-electron chi connectivity index (χ4n) is 3.44. The molecule has 0 spiro atoms. The molecule has 6 nitrogen and oxygen atoms in total. The van der Waals surface area contributed by atoms with Crippen LogP contribution in [0, 0.1) is 6.92 Å². The first kappa shape index (κ1) is 19.4. The molecule has 0 fully saturated rings. The van der Waals surface area contributed by atoms with Gasteiger partial charge < -0.3 is 10.1 Å². The first-order valence-corrected chi connectivity index (χ1v) is 10.9. The number of hydrogen-bond donors (Lipinski definition) is 2. The number of aromatic carboxylic acids is 1. The zero-order valence-corrected chi connectivity index (χ0v) is 17.2. The summed E-state index contributed by atoms with van der Waals surface area (Å²) in [7, 11) is -3.41. The first-order valence-electron chi connectivity index (χ1n) is 8.90. The smallest absolute Gasteiger partial charge is 0.337 e. The average Bonchev–Trinajstić information content (AvgIpc) is 3.07. The number of H-pyrrole nitrogens is 1. The molecule has 0 bridgehead atoms. The number of benzene rings is 2. The van der Waals surface area contributed by atoms with Gasteiger partial charge in [-0.2, -0.15) is 0 Å². The van der Waals surface area contributed by atoms with Crippen molar-refractivity contribution in [1.29, 1.82) is 0 Å². The van der Waals surface area contributed by atoms with E-state index in [4.69, 9.17) is 11.6 Å². The van der Waals surface area contributed by atoms with E-state index in [1.54, 1.807) is 31.3 Å². The molecule has 2 heterocycles. The van der Waals surface area contributed by atoms with Gasteiger partial charge in [0.25, 0.3) is 0 Å². The van der Waals surface area contributed by atoms with Gasteiger partial charge in [-0.3, -0.25) is 0 Å². The topological polar surface area (TPSA) is 100 Å². The molecule has 0 radical (unpaired) electrons. The second-order valence-corrected chi connectivity index (χ2v) is 9.46. The van der Waals surface area contributed by atoms with E-state index < -0.39 is 15.8 Å². The number of carbonyl (C=O) groups is 1. The minimum atomic E-state index is -3.41. The molecule has 0 atom stereocenters. The van der Waals surface area contributed by atoms with Gasteiger partial charge in [-0.1, -0.05) is 30.7 Å². The molecule has 0 unspecified atom stereocenters. The van der Waals surface area contributed by atoms with Gasteiger partial charge in [0, 0.05) is 17.0 Å². The van der Waals surface area contributed by atoms with Crippen LogP contribution in [-0.2, 0) is 9.84 Å². The van der Waals surface area contributed by atoms with E-state index in [2.05, 4.69) is 9.97 Å². The molecule has 4 aromatic rings. The molecular formula is C21H17ClN2O4S. The predicted octanol–water partition coefficient (Wildman–Crippen LogP) is 4.84. The number of nitrogens with one attached hydrogen (secondary N) is 1. The molecule has 0 aliphatic carbocycles. The standard InChI is InChI=1S/C21H17ClN2O4S/c1-3-29(27,28)13-6-4-5-12(8-13)14-9-16(21(25)26)18(22)19-17(14)15-7-11(2)10-23-20(15)24-19/h4-10H,3H2,1-2H3,(H,23,24)(H,25,26). The highest BCUT2D eigenvalue weighted by atomic mass is 35.5. The normalized spacial score (nSPS) is 12.0. The lowest BCUT2D eigenvalue weighted by Crippen LogP contribution is -2.03. The highest BCUT2D eigenvalue weighted by Gasteiger charge is 2.21. The van der Waals surface area contributed by atoms with Gasteiger partial charge in [0.15, 0.2) is 9.84 Å². The number of aromatic nitrogens is 2. The van der Waals surface area contributed by atoms with Gasteiger partial charge >= 0.3 is 5.97 Å². The van der Waals surface area contributed by atoms with Crippen molar-refractivity contribution in [3.63, 3.8) is 0 Å². The van der Waals surface area contributed by atoms with Crippen LogP contribution in [-0.4, -0.2) is 35.2 Å². The number of aromatic amines is 1. The molecule has 0 aliphatic heterocycles. The summed E-state index contributed by atoms with van der Waals surface area (Å²) in [5.41, 5.74) is 3.07. The Morgan fingerprint density at radius 1 is 1.24 bits per heavy atom. The third-order valence-electron chi connectivity index (χ3n) is 4.92. The highest BCUT2D eigenvalue weighted by Crippen LogP contribution is 2.40. The summed E-state index contributed by atoms with van der Waals surface area (Å²) < 4.78 is 24.7. The number of halogens is 1. The van der Waals surface area contributed by atoms with E-state index >= 15 is 0 Å². The summed E-state index contributed by atoms with van der Waals surface area (Å²) >= 11 is 6.40. The van der Waals surface area contributed by atoms with Gasteiger partial charge in [0.2, 0.25) is 0 Å². The summed E-state index contributed by atoms with van der Waals surface area (Å²) in [4.78, 5) is 19.5. The molecule has 29 heavy (non-hydrogen) atoms. The third-order valence-corrected chi connectivity index (χ3v) is 7.04. The van der Waals surface area contributed by atoms with Gasteiger partial charge in [0.05, 0.1) is 26.8 Å². The maximum Gasteiger partial charge on any atom is 0.337 e. The number of nitrogens with zero attached hydrogens (tertiary/aromatic N) is 1. The fraction of sp³-hybridized carbons (Fsp3) is 0.143. The zero-order chi connectivity index (χ0) is 20.9. The maximum absolute atomic E-state index is 12.4. The zero-order valence-electron chi connectivity index (χ0n) is 15.7. The van der Waals surface area contributed by atoms with E-state index in [9.17, 15) is 18.3 Å². The molecule has 2 aromatic heterocycles. The molecule has 0 saturated heterocycles. The average molecular weight is 429 g/mol. The minimum absolute atomic E-state index is 0.0247. The minimum Gasteiger partial charge on any atom is -0.478 e. The van der Waals surface area contributed by atoms with E-state index in [0.717, 1.165) is 10.9 Å². The largest absolute Gasteiger partial charge is 0.478 e. The van der Waals surface area contributed by atoms with Crippen LogP contribution in [0.2, 0.25) is 5.02 Å². The number of sulfone groups is 1. The van der Waals surface area contributed by atoms with E-state index in [1.807, 2.05) is 13.0 Å². The lowest BCUT2D eigenvalue weighted by molar-refractivity contribution is 0.0697. The van der Waals surface area contributed by atoms with Crippen molar-refractivity contribution in [2.75, 3.05) is 5.75 Å². The van der Waals surface area contributed by atoms with Crippen molar-refractivity contribution in [3.8, 4) is 11.1 Å². The van der Waals surface area contributed by atoms with Crippen molar-refractivity contribution in [2.24, 2.45) is 0 Å². The Bertz CT molecular complexity index is 1410. The van der Waals surface area contributed by atoms with Gasteiger partial charge in [-0.05, 0) is 47.9 Å². The van der Waals surface area contributed by atoms with Crippen molar-refractivity contribution in [2.45, 2.75) is 18.7 Å². The quantitative estimate of drug-likeness (QED) is 0.484. The third kappa shape index (κ3) is 3.16. The number of rotatable bonds is 4. The number of carboxylic acids is 1. The fourth-order valence-corrected chi connectivity index (χ4v) is 4.64. The Balaban J connectivity index is 2.15. The lowest BCUT2D eigenvalue weighted by Gasteiger charge is -2.10. The van der Waals surface area contributed by atoms with Crippen LogP contribution in [0.25, 0.3) is 33.1 Å². The first-order chi connectivity index (χ1) is 13.7. The second-order valence-electron chi connectivity index (χ2n) is 6.81. The summed E-state index contributed by atoms with van der Waals surface area (Å²) in [5.74, 6) is -1.19. The molecule has 2 aromatic carbocycles. The monoisotopic (exact) mass is 428 g/mol. The molecule has 0 saturated carbocycles. The van der Waals surface area contributed by atoms with E-state index in [-0.39, 0.29) is 21.2 Å². The molecule has 0 amide bonds. The Kier molecular flexibility index (Phi) is 4.59. The summed E-state index contributed by atoms with van der Waals surface area (Å²) in [6.07, 6.45) is 1.71. The number of fused-ring (bicyclic) bond motifs is 3. The van der Waals surface area contributed by atoms with Crippen LogP contribution < -0.4 is 0 Å². The molecule has 0 aliphatic rings. The number of pyridine rings is 1. The molecule has 8 heteroatoms. The van der Waals surface area contributed by atoms with Crippen LogP contribution in [0.15, 0.2) is 47.5 Å². The summed E-state index contributed by atoms with van der Waals surface area (Å²) in [6.45, 7) is 3.49. The van der Waals surface area contributed by atoms with Gasteiger partial charge in [-0.25, -0.2) is 18.2 Å². The van der Waals surface area contributed by atoms with Crippen LogP contribution in [0.5, 0.6) is 0 Å². The van der Waals surface area contributed by atoms with E-state index in [1.165, 1.54) is 12.1 Å². The maximum atomic E-state index is 12.4. The Hall–Kier alpha value is -2.90. The predicted molar refractivity (Wildman–Crippen MR) is 113 cm³/mol. The Morgan fingerprint density at radius 2 is 2.00 bits per heavy atom. The van der Waals surface area contributed by atoms with E-state index in [0.29, 0.717) is 27.7 Å². The Morgan fingerprint density at radius 3 is 2.69 bits per heavy atom. The van der Waals surface area contributed by atoms with Gasteiger partial charge in [0.1, 0.15) is 5.65 Å². The number of aryl methyl sites for hydroxylation is 1. The lowest BCUT2D eigenvalue weighted by atomic mass is 9.97. The molecule has 148 valence electrons. The highest BCUT2D eigenvalue weighted by molar-refractivity contribution is 7.91. The number of carboxylic acid groups (broad SMARTS) is 1. The summed E-state index contributed by atoms with van der Waals surface area (Å²) in [6, 6.07) is 9.93. The van der Waals surface area contributed by atoms with Crippen molar-refractivity contribution >= 4 is 49.3 Å². The molecule has 2 N–H and O–H groups in total.